The van der Waals surface area contributed by atoms with E-state index in [0.29, 0.717) is 5.56 Å². The largest absolute Gasteiger partial charge is 0.322 e. The van der Waals surface area contributed by atoms with Crippen molar-refractivity contribution in [3.63, 3.8) is 0 Å². The molecule has 0 amide bonds. The summed E-state index contributed by atoms with van der Waals surface area (Å²) < 4.78 is 28.8. The predicted octanol–water partition coefficient (Wildman–Crippen LogP) is 4.98. The van der Waals surface area contributed by atoms with Gasteiger partial charge in [-0.25, -0.2) is 8.42 Å². The Balaban J connectivity index is 1.77. The summed E-state index contributed by atoms with van der Waals surface area (Å²) >= 11 is 0. The van der Waals surface area contributed by atoms with Gasteiger partial charge in [-0.3, -0.25) is 4.79 Å². The van der Waals surface area contributed by atoms with E-state index in [0.717, 1.165) is 59.7 Å². The van der Waals surface area contributed by atoms with Gasteiger partial charge in [0.25, 0.3) is 5.56 Å². The van der Waals surface area contributed by atoms with E-state index in [-0.39, 0.29) is 23.0 Å². The van der Waals surface area contributed by atoms with Gasteiger partial charge in [-0.2, -0.15) is 4.31 Å². The number of aromatic nitrogens is 1. The van der Waals surface area contributed by atoms with Crippen LogP contribution >= 0.6 is 0 Å². The molecule has 0 radical (unpaired) electrons. The maximum absolute atomic E-state index is 13.6. The highest BCUT2D eigenvalue weighted by Crippen LogP contribution is 2.29. The van der Waals surface area contributed by atoms with Gasteiger partial charge < -0.3 is 4.98 Å². The van der Waals surface area contributed by atoms with Gasteiger partial charge in [0.15, 0.2) is 0 Å². The molecule has 4 rings (SSSR count). The lowest BCUT2D eigenvalue weighted by Gasteiger charge is -2.33. The Morgan fingerprint density at radius 2 is 1.58 bits per heavy atom. The highest BCUT2D eigenvalue weighted by molar-refractivity contribution is 7.89. The third-order valence-corrected chi connectivity index (χ3v) is 8.38. The topological polar surface area (TPSA) is 70.2 Å². The SMILES string of the molecule is Cc1ccc(S(=O)(=O)N(Cc2cc3cc(C)c(C)cc3[nH]c2=O)C2CCCCC2)cc1. The Kier molecular flexibility index (Phi) is 6.04. The fourth-order valence-corrected chi connectivity index (χ4v) is 6.10. The van der Waals surface area contributed by atoms with Crippen LogP contribution in [0.15, 0.2) is 52.2 Å². The molecule has 0 atom stereocenters. The first-order chi connectivity index (χ1) is 14.8. The average molecular weight is 439 g/mol. The molecule has 6 heteroatoms. The normalized spacial score (nSPS) is 15.6. The molecule has 164 valence electrons. The molecule has 1 fully saturated rings. The summed E-state index contributed by atoms with van der Waals surface area (Å²) in [5.74, 6) is 0. The van der Waals surface area contributed by atoms with Crippen LogP contribution in [0, 0.1) is 20.8 Å². The number of hydrogen-bond acceptors (Lipinski definition) is 3. The van der Waals surface area contributed by atoms with Crippen molar-refractivity contribution >= 4 is 20.9 Å². The Bertz CT molecular complexity index is 1250. The Labute approximate surface area is 184 Å². The number of rotatable bonds is 5. The number of H-pyrrole nitrogens is 1. The Morgan fingerprint density at radius 3 is 2.26 bits per heavy atom. The molecule has 3 aromatic rings. The average Bonchev–Trinajstić information content (AvgIpc) is 2.74. The van der Waals surface area contributed by atoms with Crippen molar-refractivity contribution in [3.05, 3.63) is 75.1 Å². The van der Waals surface area contributed by atoms with Crippen molar-refractivity contribution in [2.45, 2.75) is 70.4 Å². The highest BCUT2D eigenvalue weighted by Gasteiger charge is 2.33. The van der Waals surface area contributed by atoms with Crippen LogP contribution in [-0.2, 0) is 16.6 Å². The van der Waals surface area contributed by atoms with E-state index < -0.39 is 10.0 Å². The minimum absolute atomic E-state index is 0.0824. The van der Waals surface area contributed by atoms with Gasteiger partial charge in [0.05, 0.1) is 4.90 Å². The molecule has 0 bridgehead atoms. The Hall–Kier alpha value is -2.44. The molecule has 1 aliphatic carbocycles. The molecule has 0 spiro atoms. The minimum Gasteiger partial charge on any atom is -0.322 e. The van der Waals surface area contributed by atoms with E-state index in [9.17, 15) is 13.2 Å². The number of benzene rings is 2. The van der Waals surface area contributed by atoms with Gasteiger partial charge in [-0.1, -0.05) is 37.0 Å². The lowest BCUT2D eigenvalue weighted by atomic mass is 9.95. The molecule has 1 N–H and O–H groups in total. The number of nitrogens with zero attached hydrogens (tertiary/aromatic N) is 1. The molecule has 2 aromatic carbocycles. The summed E-state index contributed by atoms with van der Waals surface area (Å²) in [6.07, 6.45) is 4.81. The molecule has 1 heterocycles. The summed E-state index contributed by atoms with van der Waals surface area (Å²) in [4.78, 5) is 16.1. The molecule has 0 unspecified atom stereocenters. The van der Waals surface area contributed by atoms with E-state index >= 15 is 0 Å². The molecular weight excluding hydrogens is 408 g/mol. The van der Waals surface area contributed by atoms with E-state index in [1.165, 1.54) is 0 Å². The van der Waals surface area contributed by atoms with Crippen LogP contribution in [0.2, 0.25) is 0 Å². The fraction of sp³-hybridized carbons (Fsp3) is 0.400. The van der Waals surface area contributed by atoms with Crippen molar-refractivity contribution in [2.24, 2.45) is 0 Å². The van der Waals surface area contributed by atoms with Crippen LogP contribution < -0.4 is 5.56 Å². The number of aryl methyl sites for hydroxylation is 3. The maximum atomic E-state index is 13.6. The summed E-state index contributed by atoms with van der Waals surface area (Å²) in [6, 6.07) is 12.7. The van der Waals surface area contributed by atoms with E-state index in [2.05, 4.69) is 4.98 Å². The van der Waals surface area contributed by atoms with Crippen LogP contribution in [0.25, 0.3) is 10.9 Å². The van der Waals surface area contributed by atoms with E-state index in [1.54, 1.807) is 16.4 Å². The van der Waals surface area contributed by atoms with Gasteiger partial charge in [-0.05, 0) is 80.5 Å². The minimum atomic E-state index is -3.72. The molecule has 31 heavy (non-hydrogen) atoms. The number of pyridine rings is 1. The van der Waals surface area contributed by atoms with Crippen LogP contribution in [0.1, 0.15) is 54.4 Å². The molecule has 5 nitrogen and oxygen atoms in total. The monoisotopic (exact) mass is 438 g/mol. The second kappa shape index (κ2) is 8.60. The molecule has 0 saturated heterocycles. The van der Waals surface area contributed by atoms with Gasteiger partial charge in [0, 0.05) is 23.7 Å². The number of fused-ring (bicyclic) bond motifs is 1. The van der Waals surface area contributed by atoms with E-state index in [1.807, 2.05) is 51.1 Å². The van der Waals surface area contributed by atoms with Crippen molar-refractivity contribution in [1.29, 1.82) is 0 Å². The van der Waals surface area contributed by atoms with Crippen molar-refractivity contribution < 1.29 is 8.42 Å². The number of hydrogen-bond donors (Lipinski definition) is 1. The van der Waals surface area contributed by atoms with Crippen LogP contribution in [0.3, 0.4) is 0 Å². The standard InChI is InChI=1S/C25H30N2O3S/c1-17-9-11-23(12-10-17)31(29,30)27(22-7-5-4-6-8-22)16-21-15-20-13-18(2)19(3)14-24(20)26-25(21)28/h9-15,22H,4-8,16H2,1-3H3,(H,26,28). The lowest BCUT2D eigenvalue weighted by molar-refractivity contribution is 0.247. The first kappa shape index (κ1) is 21.8. The van der Waals surface area contributed by atoms with Gasteiger partial charge in [0.2, 0.25) is 10.0 Å². The maximum Gasteiger partial charge on any atom is 0.252 e. The first-order valence-corrected chi connectivity index (χ1v) is 12.4. The van der Waals surface area contributed by atoms with Crippen molar-refractivity contribution in [1.82, 2.24) is 9.29 Å². The highest BCUT2D eigenvalue weighted by atomic mass is 32.2. The second-order valence-electron chi connectivity index (χ2n) is 8.80. The van der Waals surface area contributed by atoms with Crippen LogP contribution in [0.5, 0.6) is 0 Å². The zero-order valence-corrected chi connectivity index (χ0v) is 19.3. The van der Waals surface area contributed by atoms with E-state index in [4.69, 9.17) is 0 Å². The summed E-state index contributed by atoms with van der Waals surface area (Å²) in [5, 5.41) is 0.925. The number of nitrogens with one attached hydrogen (secondary N) is 1. The lowest BCUT2D eigenvalue weighted by Crippen LogP contribution is -2.42. The van der Waals surface area contributed by atoms with Crippen molar-refractivity contribution in [3.8, 4) is 0 Å². The van der Waals surface area contributed by atoms with Gasteiger partial charge in [-0.15, -0.1) is 0 Å². The smallest absolute Gasteiger partial charge is 0.252 e. The molecule has 1 aliphatic rings. The fourth-order valence-electron chi connectivity index (χ4n) is 4.43. The van der Waals surface area contributed by atoms with Gasteiger partial charge in [0.1, 0.15) is 0 Å². The third kappa shape index (κ3) is 4.46. The van der Waals surface area contributed by atoms with Gasteiger partial charge >= 0.3 is 0 Å². The third-order valence-electron chi connectivity index (χ3n) is 6.47. The zero-order chi connectivity index (χ0) is 22.2. The molecule has 1 saturated carbocycles. The van der Waals surface area contributed by atoms with Crippen LogP contribution in [-0.4, -0.2) is 23.7 Å². The summed E-state index contributed by atoms with van der Waals surface area (Å²) in [5.41, 5.74) is 4.30. The van der Waals surface area contributed by atoms with Crippen LogP contribution in [0.4, 0.5) is 0 Å². The predicted molar refractivity (Wildman–Crippen MR) is 125 cm³/mol. The number of aromatic amines is 1. The molecule has 1 aromatic heterocycles. The zero-order valence-electron chi connectivity index (χ0n) is 18.4. The molecule has 0 aliphatic heterocycles. The Morgan fingerprint density at radius 1 is 0.935 bits per heavy atom. The first-order valence-electron chi connectivity index (χ1n) is 11.0. The number of sulfonamides is 1. The van der Waals surface area contributed by atoms with Crippen molar-refractivity contribution in [2.75, 3.05) is 0 Å². The molecular formula is C25H30N2O3S. The second-order valence-corrected chi connectivity index (χ2v) is 10.7. The quantitative estimate of drug-likeness (QED) is 0.611. The summed E-state index contributed by atoms with van der Waals surface area (Å²) in [7, 11) is -3.72. The summed E-state index contributed by atoms with van der Waals surface area (Å²) in [6.45, 7) is 6.07.